The standard InChI is InChI=1S/C6H12O11P2/c7-1-5(2-8)17-19(13,14)15-4-6(3-9)16-18(10,11)12/h1,3,5-6,8H,2,4H2,(H,13,14)(H2,10,11,12)/p-2/t5-,6-/m0/s1. The second-order valence-electron chi connectivity index (χ2n) is 2.95. The number of carbonyl (C=O) groups excluding carboxylic acids is 2. The first-order valence-corrected chi connectivity index (χ1v) is 7.46. The Balaban J connectivity index is 4.42. The Bertz CT molecular complexity index is 389. The van der Waals surface area contributed by atoms with Crippen molar-refractivity contribution >= 4 is 28.2 Å². The Hall–Kier alpha value is -0.480. The van der Waals surface area contributed by atoms with Gasteiger partial charge in [-0.3, -0.25) is 9.13 Å². The average Bonchev–Trinajstić information content (AvgIpc) is 2.30. The first kappa shape index (κ1) is 18.5. The third kappa shape index (κ3) is 9.11. The van der Waals surface area contributed by atoms with Crippen molar-refractivity contribution in [2.75, 3.05) is 13.2 Å². The summed E-state index contributed by atoms with van der Waals surface area (Å²) in [5.74, 6) is 0. The molecule has 0 aromatic rings. The van der Waals surface area contributed by atoms with Crippen molar-refractivity contribution < 1.29 is 52.1 Å². The van der Waals surface area contributed by atoms with Gasteiger partial charge >= 0.3 is 0 Å². The van der Waals surface area contributed by atoms with E-state index in [4.69, 9.17) is 10.00 Å². The predicted molar refractivity (Wildman–Crippen MR) is 52.3 cm³/mol. The second-order valence-corrected chi connectivity index (χ2v) is 5.47. The quantitative estimate of drug-likeness (QED) is 0.311. The molecular formula is C6H10O11P2-2. The normalized spacial score (nSPS) is 20.8. The van der Waals surface area contributed by atoms with Gasteiger partial charge in [0.05, 0.1) is 13.2 Å². The maximum atomic E-state index is 11.1. The zero-order chi connectivity index (χ0) is 15.1. The zero-order valence-electron chi connectivity index (χ0n) is 9.19. The highest BCUT2D eigenvalue weighted by molar-refractivity contribution is 7.46. The van der Waals surface area contributed by atoms with Gasteiger partial charge in [0.15, 0.2) is 12.6 Å². The van der Waals surface area contributed by atoms with E-state index in [0.717, 1.165) is 0 Å². The van der Waals surface area contributed by atoms with Crippen LogP contribution in [0.1, 0.15) is 0 Å². The van der Waals surface area contributed by atoms with E-state index in [-0.39, 0.29) is 12.6 Å². The molecule has 0 fully saturated rings. The van der Waals surface area contributed by atoms with Crippen molar-refractivity contribution in [2.24, 2.45) is 0 Å². The lowest BCUT2D eigenvalue weighted by molar-refractivity contribution is -0.236. The number of hydrogen-bond donors (Lipinski definition) is 2. The van der Waals surface area contributed by atoms with Gasteiger partial charge in [0.1, 0.15) is 12.2 Å². The maximum absolute atomic E-state index is 11.1. The summed E-state index contributed by atoms with van der Waals surface area (Å²) >= 11 is 0. The van der Waals surface area contributed by atoms with Crippen molar-refractivity contribution in [3.8, 4) is 0 Å². The van der Waals surface area contributed by atoms with Crippen LogP contribution in [0.5, 0.6) is 0 Å². The van der Waals surface area contributed by atoms with E-state index in [1.807, 2.05) is 0 Å². The number of aliphatic hydroxyl groups is 1. The molecule has 0 spiro atoms. The molecule has 13 heteroatoms. The van der Waals surface area contributed by atoms with Gasteiger partial charge < -0.3 is 42.9 Å². The SMILES string of the molecule is O=C[C@@H](COP(=O)([O-])O[C@@H](C=O)CO)OP(=O)([O-])O. The van der Waals surface area contributed by atoms with E-state index >= 15 is 0 Å². The molecule has 0 aliphatic rings. The lowest BCUT2D eigenvalue weighted by atomic mass is 10.4. The fraction of sp³-hybridized carbons (Fsp3) is 0.667. The van der Waals surface area contributed by atoms with Crippen LogP contribution in [0.2, 0.25) is 0 Å². The topological polar surface area (TPSA) is 183 Å². The number of phosphoric ester groups is 2. The Morgan fingerprint density at radius 2 is 1.63 bits per heavy atom. The number of phosphoric acid groups is 2. The number of rotatable bonds is 10. The van der Waals surface area contributed by atoms with E-state index in [1.54, 1.807) is 0 Å². The molecule has 112 valence electrons. The van der Waals surface area contributed by atoms with Crippen LogP contribution in [0.3, 0.4) is 0 Å². The molecule has 2 N–H and O–H groups in total. The van der Waals surface area contributed by atoms with Gasteiger partial charge in [-0.15, -0.1) is 0 Å². The van der Waals surface area contributed by atoms with Crippen molar-refractivity contribution in [2.45, 2.75) is 12.2 Å². The van der Waals surface area contributed by atoms with Gasteiger partial charge in [-0.25, -0.2) is 0 Å². The Labute approximate surface area is 107 Å². The lowest BCUT2D eigenvalue weighted by Gasteiger charge is -2.27. The first-order valence-electron chi connectivity index (χ1n) is 4.51. The summed E-state index contributed by atoms with van der Waals surface area (Å²) < 4.78 is 33.2. The van der Waals surface area contributed by atoms with Crippen LogP contribution in [0.25, 0.3) is 0 Å². The minimum atomic E-state index is -5.25. The molecule has 0 aromatic heterocycles. The summed E-state index contributed by atoms with van der Waals surface area (Å²) in [7, 11) is -10.3. The maximum Gasteiger partial charge on any atom is 0.268 e. The highest BCUT2D eigenvalue weighted by Crippen LogP contribution is 2.40. The molecule has 0 rings (SSSR count). The molecule has 0 bridgehead atoms. The van der Waals surface area contributed by atoms with Crippen LogP contribution in [-0.2, 0) is 32.3 Å². The molecule has 11 nitrogen and oxygen atoms in total. The van der Waals surface area contributed by atoms with E-state index in [2.05, 4.69) is 13.6 Å². The van der Waals surface area contributed by atoms with Crippen molar-refractivity contribution in [3.05, 3.63) is 0 Å². The summed E-state index contributed by atoms with van der Waals surface area (Å²) in [6.45, 7) is -2.03. The summed E-state index contributed by atoms with van der Waals surface area (Å²) in [5, 5.41) is 8.50. The second kappa shape index (κ2) is 7.95. The molecule has 0 saturated carbocycles. The molecule has 0 heterocycles. The van der Waals surface area contributed by atoms with Crippen LogP contribution in [0.4, 0.5) is 0 Å². The third-order valence-corrected chi connectivity index (χ3v) is 2.95. The third-order valence-electron chi connectivity index (χ3n) is 1.41. The van der Waals surface area contributed by atoms with Crippen LogP contribution < -0.4 is 9.79 Å². The monoisotopic (exact) mass is 320 g/mol. The molecule has 0 aromatic carbocycles. The van der Waals surface area contributed by atoms with Gasteiger partial charge in [0.25, 0.3) is 15.6 Å². The number of carbonyl (C=O) groups is 2. The molecule has 4 atom stereocenters. The number of aldehydes is 2. The molecule has 19 heavy (non-hydrogen) atoms. The Kier molecular flexibility index (Phi) is 7.75. The highest BCUT2D eigenvalue weighted by Gasteiger charge is 2.21. The van der Waals surface area contributed by atoms with E-state index in [0.29, 0.717) is 0 Å². The number of aliphatic hydroxyl groups excluding tert-OH is 1. The van der Waals surface area contributed by atoms with Crippen molar-refractivity contribution in [1.82, 2.24) is 0 Å². The average molecular weight is 320 g/mol. The minimum absolute atomic E-state index is 0.0127. The molecule has 2 unspecified atom stereocenters. The largest absolute Gasteiger partial charge is 0.756 e. The molecule has 0 radical (unpaired) electrons. The van der Waals surface area contributed by atoms with Crippen LogP contribution in [0.15, 0.2) is 0 Å². The van der Waals surface area contributed by atoms with Gasteiger partial charge in [-0.1, -0.05) is 0 Å². The fourth-order valence-electron chi connectivity index (χ4n) is 0.728. The Morgan fingerprint density at radius 1 is 1.11 bits per heavy atom. The Morgan fingerprint density at radius 3 is 2.00 bits per heavy atom. The molecule has 0 aliphatic carbocycles. The van der Waals surface area contributed by atoms with Gasteiger partial charge in [0, 0.05) is 0 Å². The smallest absolute Gasteiger partial charge is 0.268 e. The minimum Gasteiger partial charge on any atom is -0.756 e. The fourth-order valence-corrected chi connectivity index (χ4v) is 2.02. The van der Waals surface area contributed by atoms with E-state index < -0.39 is 41.1 Å². The summed E-state index contributed by atoms with van der Waals surface area (Å²) in [6, 6.07) is 0. The van der Waals surface area contributed by atoms with E-state index in [9.17, 15) is 28.5 Å². The molecule has 0 saturated heterocycles. The molecule has 0 amide bonds. The number of hydrogen-bond acceptors (Lipinski definition) is 10. The molecular weight excluding hydrogens is 310 g/mol. The van der Waals surface area contributed by atoms with Crippen molar-refractivity contribution in [1.29, 1.82) is 0 Å². The summed E-state index contributed by atoms with van der Waals surface area (Å²) in [6.07, 6.45) is -3.75. The zero-order valence-corrected chi connectivity index (χ0v) is 11.0. The van der Waals surface area contributed by atoms with Gasteiger partial charge in [0.2, 0.25) is 0 Å². The predicted octanol–water partition coefficient (Wildman–Crippen LogP) is -2.91. The summed E-state index contributed by atoms with van der Waals surface area (Å²) in [5.41, 5.74) is 0. The van der Waals surface area contributed by atoms with Crippen molar-refractivity contribution in [3.63, 3.8) is 0 Å². The first-order chi connectivity index (χ1) is 8.63. The van der Waals surface area contributed by atoms with E-state index in [1.165, 1.54) is 0 Å². The van der Waals surface area contributed by atoms with Crippen LogP contribution in [-0.4, -0.2) is 48.0 Å². The van der Waals surface area contributed by atoms with Crippen LogP contribution >= 0.6 is 15.6 Å². The van der Waals surface area contributed by atoms with Crippen LogP contribution in [0, 0.1) is 0 Å². The van der Waals surface area contributed by atoms with Gasteiger partial charge in [-0.05, 0) is 0 Å². The molecule has 0 aliphatic heterocycles. The summed E-state index contributed by atoms with van der Waals surface area (Å²) in [4.78, 5) is 50.2. The highest BCUT2D eigenvalue weighted by atomic mass is 31.2. The van der Waals surface area contributed by atoms with Gasteiger partial charge in [-0.2, -0.15) is 0 Å². The lowest BCUT2D eigenvalue weighted by Crippen LogP contribution is -2.26.